The summed E-state index contributed by atoms with van der Waals surface area (Å²) in [6, 6.07) is 6.48. The summed E-state index contributed by atoms with van der Waals surface area (Å²) in [6.45, 7) is 9.62. The monoisotopic (exact) mass is 322 g/mol. The molecular weight excluding hydrogens is 296 g/mol. The van der Waals surface area contributed by atoms with Crippen molar-refractivity contribution in [3.8, 4) is 11.3 Å². The molecule has 0 atom stereocenters. The Morgan fingerprint density at radius 2 is 1.88 bits per heavy atom. The molecule has 2 aromatic heterocycles. The first kappa shape index (κ1) is 16.6. The second-order valence-electron chi connectivity index (χ2n) is 6.45. The largest absolute Gasteiger partial charge is 0.313 e. The van der Waals surface area contributed by atoms with Crippen LogP contribution in [0, 0.1) is 13.8 Å². The summed E-state index contributed by atoms with van der Waals surface area (Å²) in [5.74, 6) is 1.10. The van der Waals surface area contributed by atoms with Crippen molar-refractivity contribution in [2.75, 3.05) is 0 Å². The number of hydrogen-bond acceptors (Lipinski definition) is 3. The normalized spacial score (nSPS) is 11.3. The van der Waals surface area contributed by atoms with Crippen LogP contribution >= 0.6 is 0 Å². The van der Waals surface area contributed by atoms with Crippen molar-refractivity contribution in [1.29, 1.82) is 0 Å². The lowest BCUT2D eigenvalue weighted by atomic mass is 10.0. The van der Waals surface area contributed by atoms with Crippen molar-refractivity contribution in [2.45, 2.75) is 59.9 Å². The van der Waals surface area contributed by atoms with Crippen molar-refractivity contribution in [3.05, 3.63) is 41.5 Å². The Balaban J connectivity index is 2.13. The van der Waals surface area contributed by atoms with Crippen molar-refractivity contribution < 1.29 is 0 Å². The van der Waals surface area contributed by atoms with Crippen LogP contribution < -0.4 is 0 Å². The Kier molecular flexibility index (Phi) is 4.93. The Hall–Kier alpha value is -2.23. The molecule has 0 amide bonds. The second-order valence-corrected chi connectivity index (χ2v) is 6.45. The highest BCUT2D eigenvalue weighted by atomic mass is 15.1. The molecule has 24 heavy (non-hydrogen) atoms. The predicted octanol–water partition coefficient (Wildman–Crippen LogP) is 4.86. The molecule has 1 aromatic carbocycles. The SMILES string of the molecule is CCCCCn1c(CC)nc2c(-c3ccc(C)cc3C)ncnc21. The van der Waals surface area contributed by atoms with Gasteiger partial charge in [0.05, 0.1) is 0 Å². The van der Waals surface area contributed by atoms with Gasteiger partial charge in [0, 0.05) is 18.5 Å². The molecule has 2 heterocycles. The first-order chi connectivity index (χ1) is 11.7. The number of nitrogens with zero attached hydrogens (tertiary/aromatic N) is 4. The Morgan fingerprint density at radius 1 is 1.04 bits per heavy atom. The topological polar surface area (TPSA) is 43.6 Å². The highest BCUT2D eigenvalue weighted by molar-refractivity contribution is 5.88. The van der Waals surface area contributed by atoms with Gasteiger partial charge >= 0.3 is 0 Å². The quantitative estimate of drug-likeness (QED) is 0.609. The van der Waals surface area contributed by atoms with Crippen LogP contribution in [0.1, 0.15) is 50.1 Å². The maximum Gasteiger partial charge on any atom is 0.164 e. The van der Waals surface area contributed by atoms with Crippen molar-refractivity contribution in [2.24, 2.45) is 0 Å². The average molecular weight is 322 g/mol. The third kappa shape index (κ3) is 3.05. The van der Waals surface area contributed by atoms with Crippen LogP contribution in [0.4, 0.5) is 0 Å². The van der Waals surface area contributed by atoms with Crippen LogP contribution in [-0.2, 0) is 13.0 Å². The summed E-state index contributed by atoms with van der Waals surface area (Å²) in [4.78, 5) is 14.0. The third-order valence-corrected chi connectivity index (χ3v) is 4.55. The van der Waals surface area contributed by atoms with E-state index < -0.39 is 0 Å². The minimum Gasteiger partial charge on any atom is -0.313 e. The zero-order chi connectivity index (χ0) is 17.1. The zero-order valence-electron chi connectivity index (χ0n) is 15.1. The Labute approximate surface area is 144 Å². The van der Waals surface area contributed by atoms with Crippen LogP contribution in [0.25, 0.3) is 22.4 Å². The standard InChI is InChI=1S/C20H26N4/c1-5-7-8-11-24-17(6-2)23-19-18(21-13-22-20(19)24)16-10-9-14(3)12-15(16)4/h9-10,12-13H,5-8,11H2,1-4H3. The predicted molar refractivity (Wildman–Crippen MR) is 99.1 cm³/mol. The molecule has 0 bridgehead atoms. The Bertz CT molecular complexity index is 848. The first-order valence-corrected chi connectivity index (χ1v) is 8.93. The summed E-state index contributed by atoms with van der Waals surface area (Å²) in [5.41, 5.74) is 6.48. The van der Waals surface area contributed by atoms with Gasteiger partial charge in [0.2, 0.25) is 0 Å². The summed E-state index contributed by atoms with van der Waals surface area (Å²) >= 11 is 0. The van der Waals surface area contributed by atoms with Gasteiger partial charge in [0.15, 0.2) is 5.65 Å². The lowest BCUT2D eigenvalue weighted by molar-refractivity contribution is 0.591. The molecule has 0 aliphatic heterocycles. The molecule has 4 heteroatoms. The van der Waals surface area contributed by atoms with E-state index in [0.717, 1.165) is 47.6 Å². The van der Waals surface area contributed by atoms with Gasteiger partial charge in [-0.05, 0) is 25.8 Å². The number of imidazole rings is 1. The average Bonchev–Trinajstić information content (AvgIpc) is 2.93. The molecule has 0 saturated carbocycles. The first-order valence-electron chi connectivity index (χ1n) is 8.93. The van der Waals surface area contributed by atoms with E-state index in [-0.39, 0.29) is 0 Å². The van der Waals surface area contributed by atoms with Gasteiger partial charge in [-0.2, -0.15) is 0 Å². The van der Waals surface area contributed by atoms with Crippen molar-refractivity contribution in [3.63, 3.8) is 0 Å². The third-order valence-electron chi connectivity index (χ3n) is 4.55. The molecule has 3 aromatic rings. The molecule has 4 nitrogen and oxygen atoms in total. The van der Waals surface area contributed by atoms with Crippen LogP contribution in [0.5, 0.6) is 0 Å². The fourth-order valence-electron chi connectivity index (χ4n) is 3.28. The summed E-state index contributed by atoms with van der Waals surface area (Å²) in [6.07, 6.45) is 6.20. The maximum atomic E-state index is 4.89. The summed E-state index contributed by atoms with van der Waals surface area (Å²) in [7, 11) is 0. The Morgan fingerprint density at radius 3 is 2.58 bits per heavy atom. The van der Waals surface area contributed by atoms with Gasteiger partial charge in [0.25, 0.3) is 0 Å². The van der Waals surface area contributed by atoms with E-state index in [1.807, 2.05) is 0 Å². The molecule has 0 N–H and O–H groups in total. The highest BCUT2D eigenvalue weighted by Gasteiger charge is 2.16. The van der Waals surface area contributed by atoms with Crippen LogP contribution in [0.2, 0.25) is 0 Å². The van der Waals surface area contributed by atoms with Crippen molar-refractivity contribution >= 4 is 11.2 Å². The minimum atomic E-state index is 0.912. The summed E-state index contributed by atoms with van der Waals surface area (Å²) < 4.78 is 2.28. The second kappa shape index (κ2) is 7.12. The van der Waals surface area contributed by atoms with Crippen molar-refractivity contribution in [1.82, 2.24) is 19.5 Å². The van der Waals surface area contributed by atoms with Gasteiger partial charge < -0.3 is 4.57 Å². The molecular formula is C20H26N4. The van der Waals surface area contributed by atoms with E-state index >= 15 is 0 Å². The molecule has 0 aliphatic rings. The number of aryl methyl sites for hydroxylation is 4. The van der Waals surface area contributed by atoms with E-state index in [0.29, 0.717) is 0 Å². The zero-order valence-corrected chi connectivity index (χ0v) is 15.1. The van der Waals surface area contributed by atoms with Crippen LogP contribution in [0.3, 0.4) is 0 Å². The fourth-order valence-corrected chi connectivity index (χ4v) is 3.28. The van der Waals surface area contributed by atoms with E-state index in [9.17, 15) is 0 Å². The van der Waals surface area contributed by atoms with E-state index in [1.54, 1.807) is 6.33 Å². The fraction of sp³-hybridized carbons (Fsp3) is 0.450. The van der Waals surface area contributed by atoms with Gasteiger partial charge in [-0.15, -0.1) is 0 Å². The molecule has 0 spiro atoms. The van der Waals surface area contributed by atoms with Gasteiger partial charge in [0.1, 0.15) is 23.4 Å². The number of benzene rings is 1. The minimum absolute atomic E-state index is 0.912. The van der Waals surface area contributed by atoms with Gasteiger partial charge in [-0.3, -0.25) is 0 Å². The lowest BCUT2D eigenvalue weighted by Crippen LogP contribution is -2.04. The number of aromatic nitrogens is 4. The lowest BCUT2D eigenvalue weighted by Gasteiger charge is -2.08. The van der Waals surface area contributed by atoms with E-state index in [4.69, 9.17) is 4.98 Å². The molecule has 0 unspecified atom stereocenters. The molecule has 0 aliphatic carbocycles. The highest BCUT2D eigenvalue weighted by Crippen LogP contribution is 2.29. The molecule has 126 valence electrons. The summed E-state index contributed by atoms with van der Waals surface area (Å²) in [5, 5.41) is 0. The number of hydrogen-bond donors (Lipinski definition) is 0. The maximum absolute atomic E-state index is 4.89. The van der Waals surface area contributed by atoms with E-state index in [2.05, 4.69) is 60.4 Å². The molecule has 0 saturated heterocycles. The van der Waals surface area contributed by atoms with Gasteiger partial charge in [-0.1, -0.05) is 50.5 Å². The smallest absolute Gasteiger partial charge is 0.164 e. The van der Waals surface area contributed by atoms with Crippen LogP contribution in [0.15, 0.2) is 24.5 Å². The number of unbranched alkanes of at least 4 members (excludes halogenated alkanes) is 2. The van der Waals surface area contributed by atoms with Crippen LogP contribution in [-0.4, -0.2) is 19.5 Å². The number of fused-ring (bicyclic) bond motifs is 1. The number of rotatable bonds is 6. The van der Waals surface area contributed by atoms with Gasteiger partial charge in [-0.25, -0.2) is 15.0 Å². The van der Waals surface area contributed by atoms with E-state index in [1.165, 1.54) is 24.0 Å². The molecule has 0 fully saturated rings. The molecule has 3 rings (SSSR count). The molecule has 0 radical (unpaired) electrons.